The van der Waals surface area contributed by atoms with Gasteiger partial charge in [0.1, 0.15) is 11.2 Å². The van der Waals surface area contributed by atoms with Gasteiger partial charge in [-0.05, 0) is 103 Å². The molecule has 9 fully saturated rings. The molecule has 1 aromatic rings. The average molecular weight is 433 g/mol. The number of aliphatic hydroxyl groups is 1. The number of fused-ring (bicyclic) bond motifs is 1. The summed E-state index contributed by atoms with van der Waals surface area (Å²) in [4.78, 5) is 14.0. The van der Waals surface area contributed by atoms with Gasteiger partial charge < -0.3 is 14.6 Å². The van der Waals surface area contributed by atoms with Crippen molar-refractivity contribution in [3.8, 4) is 5.75 Å². The lowest BCUT2D eigenvalue weighted by molar-refractivity contribution is -0.271. The van der Waals surface area contributed by atoms with Gasteiger partial charge >= 0.3 is 5.97 Å². The Hall–Kier alpha value is -1.55. The fourth-order valence-electron chi connectivity index (χ4n) is 13.7. The number of para-hydroxylation sites is 1. The molecule has 13 unspecified atom stereocenters. The number of rotatable bonds is 4. The molecule has 4 heteroatoms. The van der Waals surface area contributed by atoms with E-state index in [-0.39, 0.29) is 17.3 Å². The topological polar surface area (TPSA) is 55.8 Å². The second-order valence-corrected chi connectivity index (χ2v) is 12.7. The minimum absolute atomic E-state index is 0.0618. The smallest absolute Gasteiger partial charge is 0.315 e. The molecule has 0 aliphatic heterocycles. The van der Waals surface area contributed by atoms with E-state index in [2.05, 4.69) is 0 Å². The highest BCUT2D eigenvalue weighted by atomic mass is 16.5. The molecule has 32 heavy (non-hydrogen) atoms. The molecular formula is C28H32O4. The first-order chi connectivity index (χ1) is 15.6. The van der Waals surface area contributed by atoms with Gasteiger partial charge in [0.2, 0.25) is 0 Å². The van der Waals surface area contributed by atoms with Crippen molar-refractivity contribution in [3.63, 3.8) is 0 Å². The molecule has 0 radical (unpaired) electrons. The van der Waals surface area contributed by atoms with Gasteiger partial charge in [0, 0.05) is 5.41 Å². The number of esters is 1. The zero-order valence-corrected chi connectivity index (χ0v) is 18.7. The Labute approximate surface area is 189 Å². The van der Waals surface area contributed by atoms with E-state index < -0.39 is 11.0 Å². The molecule has 10 rings (SSSR count). The highest BCUT2D eigenvalue weighted by Gasteiger charge is 3.02. The van der Waals surface area contributed by atoms with Crippen molar-refractivity contribution in [2.45, 2.75) is 37.7 Å². The highest BCUT2D eigenvalue weighted by molar-refractivity contribution is 5.83. The summed E-state index contributed by atoms with van der Waals surface area (Å²) >= 11 is 0. The van der Waals surface area contributed by atoms with E-state index in [0.29, 0.717) is 65.8 Å². The standard InChI is InChI=1S/C28H32O4/c1-31-25(29)27-22-15-9-5-8-14(15)21-19(22)20-23(27)16-10-11-17-18(16)24(20)26(21,28(17,27)30)12-32-13-6-3-2-4-7-13/h2-4,6-7,14-24,30H,5,8-12H2,1H3/t14?,15?,16?,17?,18?,19?,20?,21?,22?,23?,24?,26?,27?,28-/m0/s1. The summed E-state index contributed by atoms with van der Waals surface area (Å²) in [6, 6.07) is 10.2. The van der Waals surface area contributed by atoms with Crippen molar-refractivity contribution in [2.24, 2.45) is 75.9 Å². The van der Waals surface area contributed by atoms with Gasteiger partial charge in [0.15, 0.2) is 0 Å². The molecule has 1 aromatic carbocycles. The maximum atomic E-state index is 14.0. The van der Waals surface area contributed by atoms with Crippen molar-refractivity contribution < 1.29 is 19.4 Å². The van der Waals surface area contributed by atoms with Crippen molar-refractivity contribution >= 4 is 5.97 Å². The van der Waals surface area contributed by atoms with Crippen LogP contribution in [-0.4, -0.2) is 30.4 Å². The molecule has 0 heterocycles. The Morgan fingerprint density at radius 3 is 2.44 bits per heavy atom. The van der Waals surface area contributed by atoms with E-state index in [1.165, 1.54) is 25.7 Å². The van der Waals surface area contributed by atoms with Crippen LogP contribution < -0.4 is 4.74 Å². The van der Waals surface area contributed by atoms with E-state index >= 15 is 0 Å². The lowest BCUT2D eigenvalue weighted by Crippen LogP contribution is -2.74. The summed E-state index contributed by atoms with van der Waals surface area (Å²) in [6.07, 6.45) is 6.12. The van der Waals surface area contributed by atoms with Crippen LogP contribution in [0.2, 0.25) is 0 Å². The van der Waals surface area contributed by atoms with Crippen molar-refractivity contribution in [2.75, 3.05) is 13.7 Å². The summed E-state index contributed by atoms with van der Waals surface area (Å²) in [7, 11) is 1.57. The van der Waals surface area contributed by atoms with Crippen LogP contribution >= 0.6 is 0 Å². The Morgan fingerprint density at radius 1 is 0.938 bits per heavy atom. The summed E-state index contributed by atoms with van der Waals surface area (Å²) in [5.41, 5.74) is -1.89. The van der Waals surface area contributed by atoms with E-state index in [4.69, 9.17) is 9.47 Å². The SMILES string of the molecule is COC(=O)C12C3C4CCCC4C4C3C3C5C6C(CCC6[C@]1(O)C45COc1ccccc1)C32. The molecule has 0 spiro atoms. The third-order valence-corrected chi connectivity index (χ3v) is 13.2. The van der Waals surface area contributed by atoms with Crippen molar-refractivity contribution in [1.82, 2.24) is 0 Å². The molecule has 9 aliphatic carbocycles. The number of carbonyl (C=O) groups excluding carboxylic acids is 1. The van der Waals surface area contributed by atoms with Gasteiger partial charge in [-0.3, -0.25) is 4.79 Å². The summed E-state index contributed by atoms with van der Waals surface area (Å²) in [6.45, 7) is 0.580. The van der Waals surface area contributed by atoms with Gasteiger partial charge in [-0.1, -0.05) is 24.6 Å². The molecular weight excluding hydrogens is 400 g/mol. The Kier molecular flexibility index (Phi) is 2.84. The van der Waals surface area contributed by atoms with Crippen LogP contribution in [0.15, 0.2) is 30.3 Å². The van der Waals surface area contributed by atoms with Crippen molar-refractivity contribution in [3.05, 3.63) is 30.3 Å². The van der Waals surface area contributed by atoms with Crippen LogP contribution in [-0.2, 0) is 9.53 Å². The first-order valence-electron chi connectivity index (χ1n) is 13.1. The normalized spacial score (nSPS) is 62.4. The monoisotopic (exact) mass is 432 g/mol. The first kappa shape index (κ1) is 17.9. The molecule has 9 bridgehead atoms. The average Bonchev–Trinajstić information content (AvgIpc) is 3.59. The molecule has 0 saturated heterocycles. The second kappa shape index (κ2) is 5.09. The molecule has 1 N–H and O–H groups in total. The molecule has 0 amide bonds. The number of hydrogen-bond donors (Lipinski definition) is 1. The van der Waals surface area contributed by atoms with Crippen LogP contribution in [0, 0.1) is 75.9 Å². The predicted molar refractivity (Wildman–Crippen MR) is 115 cm³/mol. The predicted octanol–water partition coefficient (Wildman–Crippen LogP) is 3.78. The van der Waals surface area contributed by atoms with Crippen LogP contribution in [0.4, 0.5) is 0 Å². The van der Waals surface area contributed by atoms with E-state index in [1.54, 1.807) is 7.11 Å². The number of ether oxygens (including phenoxy) is 2. The lowest BCUT2D eigenvalue weighted by Gasteiger charge is -2.63. The van der Waals surface area contributed by atoms with Gasteiger partial charge in [-0.25, -0.2) is 0 Å². The second-order valence-electron chi connectivity index (χ2n) is 12.7. The Morgan fingerprint density at radius 2 is 1.66 bits per heavy atom. The summed E-state index contributed by atoms with van der Waals surface area (Å²) in [5, 5.41) is 13.2. The minimum Gasteiger partial charge on any atom is -0.493 e. The Balaban J connectivity index is 1.32. The third kappa shape index (κ3) is 1.32. The van der Waals surface area contributed by atoms with Crippen LogP contribution in [0.5, 0.6) is 5.75 Å². The molecule has 0 aromatic heterocycles. The molecule has 9 aliphatic rings. The van der Waals surface area contributed by atoms with Gasteiger partial charge in [-0.15, -0.1) is 0 Å². The number of benzene rings is 1. The lowest BCUT2D eigenvalue weighted by atomic mass is 9.42. The van der Waals surface area contributed by atoms with E-state index in [9.17, 15) is 9.90 Å². The quantitative estimate of drug-likeness (QED) is 0.736. The number of hydrogen-bond acceptors (Lipinski definition) is 4. The minimum atomic E-state index is -0.946. The van der Waals surface area contributed by atoms with E-state index in [0.717, 1.165) is 12.2 Å². The van der Waals surface area contributed by atoms with Crippen LogP contribution in [0.1, 0.15) is 32.1 Å². The zero-order chi connectivity index (χ0) is 21.2. The fourth-order valence-corrected chi connectivity index (χ4v) is 13.7. The molecule has 4 nitrogen and oxygen atoms in total. The largest absolute Gasteiger partial charge is 0.493 e. The highest BCUT2D eigenvalue weighted by Crippen LogP contribution is 2.98. The van der Waals surface area contributed by atoms with Crippen LogP contribution in [0.3, 0.4) is 0 Å². The zero-order valence-electron chi connectivity index (χ0n) is 18.7. The van der Waals surface area contributed by atoms with E-state index in [1.807, 2.05) is 30.3 Å². The van der Waals surface area contributed by atoms with Crippen LogP contribution in [0.25, 0.3) is 0 Å². The Bertz CT molecular complexity index is 1050. The fraction of sp³-hybridized carbons (Fsp3) is 0.750. The number of carbonyl (C=O) groups is 1. The van der Waals surface area contributed by atoms with Gasteiger partial charge in [0.25, 0.3) is 0 Å². The third-order valence-electron chi connectivity index (χ3n) is 13.2. The molecule has 9 saturated carbocycles. The maximum Gasteiger partial charge on any atom is 0.315 e. The van der Waals surface area contributed by atoms with Gasteiger partial charge in [-0.2, -0.15) is 0 Å². The maximum absolute atomic E-state index is 14.0. The molecule has 14 atom stereocenters. The van der Waals surface area contributed by atoms with Gasteiger partial charge in [0.05, 0.1) is 19.3 Å². The summed E-state index contributed by atoms with van der Waals surface area (Å²) in [5.74, 6) is 6.66. The number of methoxy groups -OCH3 is 1. The first-order valence-corrected chi connectivity index (χ1v) is 13.1. The molecule has 168 valence electrons. The van der Waals surface area contributed by atoms with Crippen molar-refractivity contribution in [1.29, 1.82) is 0 Å². The summed E-state index contributed by atoms with van der Waals surface area (Å²) < 4.78 is 12.3.